The van der Waals surface area contributed by atoms with Gasteiger partial charge in [0.2, 0.25) is 0 Å². The molecule has 0 bridgehead atoms. The highest BCUT2D eigenvalue weighted by Gasteiger charge is 2.10. The second-order valence-corrected chi connectivity index (χ2v) is 7.16. The fourth-order valence-electron chi connectivity index (χ4n) is 2.55. The van der Waals surface area contributed by atoms with Crippen LogP contribution in [0.2, 0.25) is 5.02 Å². The molecule has 0 unspecified atom stereocenters. The third-order valence-electron chi connectivity index (χ3n) is 4.01. The summed E-state index contributed by atoms with van der Waals surface area (Å²) in [6.07, 6.45) is 0. The van der Waals surface area contributed by atoms with Crippen LogP contribution in [0.4, 0.5) is 11.4 Å². The van der Waals surface area contributed by atoms with Crippen molar-refractivity contribution in [3.63, 3.8) is 0 Å². The zero-order chi connectivity index (χ0) is 20.8. The molecule has 0 aliphatic rings. The Kier molecular flexibility index (Phi) is 6.59. The van der Waals surface area contributed by atoms with Crippen LogP contribution in [0.25, 0.3) is 0 Å². The van der Waals surface area contributed by atoms with Crippen LogP contribution in [0, 0.1) is 6.92 Å². The van der Waals surface area contributed by atoms with E-state index in [4.69, 9.17) is 23.8 Å². The third kappa shape index (κ3) is 5.88. The first-order valence-electron chi connectivity index (χ1n) is 8.77. The molecule has 146 valence electrons. The second kappa shape index (κ2) is 9.32. The molecule has 5 nitrogen and oxygen atoms in total. The lowest BCUT2D eigenvalue weighted by atomic mass is 10.1. The Morgan fingerprint density at radius 3 is 2.14 bits per heavy atom. The number of carbonyl (C=O) groups is 2. The summed E-state index contributed by atoms with van der Waals surface area (Å²) in [5, 5.41) is 9.01. The minimum atomic E-state index is -0.308. The van der Waals surface area contributed by atoms with E-state index in [0.29, 0.717) is 27.5 Å². The maximum atomic E-state index is 12.5. The van der Waals surface area contributed by atoms with E-state index in [1.807, 2.05) is 19.1 Å². The van der Waals surface area contributed by atoms with Crippen molar-refractivity contribution in [1.82, 2.24) is 5.32 Å². The van der Waals surface area contributed by atoms with Gasteiger partial charge in [-0.1, -0.05) is 41.4 Å². The van der Waals surface area contributed by atoms with Gasteiger partial charge in [-0.15, -0.1) is 0 Å². The molecule has 0 radical (unpaired) electrons. The quantitative estimate of drug-likeness (QED) is 0.515. The molecule has 0 atom stereocenters. The largest absolute Gasteiger partial charge is 0.332 e. The third-order valence-corrected chi connectivity index (χ3v) is 4.45. The molecule has 0 spiro atoms. The maximum absolute atomic E-state index is 12.5. The number of hydrogen-bond donors (Lipinski definition) is 3. The summed E-state index contributed by atoms with van der Waals surface area (Å²) in [7, 11) is 0. The molecule has 0 aromatic heterocycles. The summed E-state index contributed by atoms with van der Waals surface area (Å²) in [4.78, 5) is 24.7. The normalized spacial score (nSPS) is 10.1. The van der Waals surface area contributed by atoms with E-state index in [1.165, 1.54) is 0 Å². The van der Waals surface area contributed by atoms with Crippen LogP contribution in [0.15, 0.2) is 72.8 Å². The number of anilines is 2. The van der Waals surface area contributed by atoms with Crippen molar-refractivity contribution in [2.45, 2.75) is 6.92 Å². The van der Waals surface area contributed by atoms with E-state index < -0.39 is 0 Å². The average molecular weight is 424 g/mol. The van der Waals surface area contributed by atoms with Crippen molar-refractivity contribution in [3.05, 3.63) is 94.5 Å². The Bertz CT molecular complexity index is 1070. The number of nitrogens with one attached hydrogen (secondary N) is 3. The smallest absolute Gasteiger partial charge is 0.257 e. The Labute approximate surface area is 179 Å². The molecule has 3 rings (SSSR count). The fraction of sp³-hybridized carbons (Fsp3) is 0.0455. The molecule has 2 amide bonds. The maximum Gasteiger partial charge on any atom is 0.257 e. The predicted octanol–water partition coefficient (Wildman–Crippen LogP) is 5.03. The van der Waals surface area contributed by atoms with Crippen LogP contribution in [-0.2, 0) is 0 Å². The first-order valence-corrected chi connectivity index (χ1v) is 9.55. The van der Waals surface area contributed by atoms with Gasteiger partial charge in [-0.25, -0.2) is 0 Å². The lowest BCUT2D eigenvalue weighted by Crippen LogP contribution is -2.34. The number of carbonyl (C=O) groups excluding carboxylic acids is 2. The van der Waals surface area contributed by atoms with Crippen LogP contribution in [0.1, 0.15) is 26.3 Å². The number of amides is 2. The van der Waals surface area contributed by atoms with Crippen molar-refractivity contribution in [1.29, 1.82) is 0 Å². The van der Waals surface area contributed by atoms with Gasteiger partial charge in [-0.05, 0) is 67.7 Å². The van der Waals surface area contributed by atoms with Gasteiger partial charge in [-0.3, -0.25) is 14.9 Å². The van der Waals surface area contributed by atoms with Crippen LogP contribution in [0.3, 0.4) is 0 Å². The zero-order valence-electron chi connectivity index (χ0n) is 15.5. The van der Waals surface area contributed by atoms with Crippen LogP contribution in [-0.4, -0.2) is 16.9 Å². The van der Waals surface area contributed by atoms with Crippen molar-refractivity contribution < 1.29 is 9.59 Å². The molecule has 0 heterocycles. The Morgan fingerprint density at radius 1 is 0.793 bits per heavy atom. The van der Waals surface area contributed by atoms with Gasteiger partial charge in [0.1, 0.15) is 0 Å². The molecule has 3 aromatic rings. The molecule has 29 heavy (non-hydrogen) atoms. The number of hydrogen-bond acceptors (Lipinski definition) is 3. The summed E-state index contributed by atoms with van der Waals surface area (Å²) < 4.78 is 0. The minimum Gasteiger partial charge on any atom is -0.332 e. The molecule has 0 fully saturated rings. The first kappa shape index (κ1) is 20.5. The molecule has 3 N–H and O–H groups in total. The van der Waals surface area contributed by atoms with Gasteiger partial charge < -0.3 is 10.6 Å². The Balaban J connectivity index is 1.63. The molecular formula is C22H18ClN3O2S. The highest BCUT2D eigenvalue weighted by atomic mass is 35.5. The average Bonchev–Trinajstić information content (AvgIpc) is 2.68. The molecule has 3 aromatic carbocycles. The van der Waals surface area contributed by atoms with E-state index in [2.05, 4.69) is 16.0 Å². The standard InChI is InChI=1S/C22H18ClN3O2S/c1-14-8-10-15(11-9-14)20(27)26-22(29)25-18-6-2-4-16(12-18)21(28)24-19-7-3-5-17(23)13-19/h2-13H,1H3,(H,24,28)(H2,25,26,27,29). The predicted molar refractivity (Wildman–Crippen MR) is 121 cm³/mol. The van der Waals surface area contributed by atoms with Crippen LogP contribution >= 0.6 is 23.8 Å². The lowest BCUT2D eigenvalue weighted by molar-refractivity contribution is 0.0976. The monoisotopic (exact) mass is 423 g/mol. The van der Waals surface area contributed by atoms with Crippen LogP contribution < -0.4 is 16.0 Å². The van der Waals surface area contributed by atoms with Crippen LogP contribution in [0.5, 0.6) is 0 Å². The number of thiocarbonyl (C=S) groups is 1. The molecular weight excluding hydrogens is 406 g/mol. The molecule has 0 saturated heterocycles. The van der Waals surface area contributed by atoms with Crippen molar-refractivity contribution in [2.24, 2.45) is 0 Å². The summed E-state index contributed by atoms with van der Waals surface area (Å²) in [5.74, 6) is -0.595. The van der Waals surface area contributed by atoms with Gasteiger partial charge in [-0.2, -0.15) is 0 Å². The topological polar surface area (TPSA) is 70.2 Å². The van der Waals surface area contributed by atoms with E-state index in [-0.39, 0.29) is 16.9 Å². The van der Waals surface area contributed by atoms with E-state index in [0.717, 1.165) is 5.56 Å². The van der Waals surface area contributed by atoms with Crippen molar-refractivity contribution in [3.8, 4) is 0 Å². The number of halogens is 1. The molecule has 0 saturated carbocycles. The zero-order valence-corrected chi connectivity index (χ0v) is 17.1. The number of aryl methyl sites for hydroxylation is 1. The Hall–Kier alpha value is -3.22. The summed E-state index contributed by atoms with van der Waals surface area (Å²) in [5.41, 5.74) is 3.19. The Morgan fingerprint density at radius 2 is 1.45 bits per heavy atom. The molecule has 0 aliphatic heterocycles. The number of benzene rings is 3. The van der Waals surface area contributed by atoms with Gasteiger partial charge in [0, 0.05) is 27.5 Å². The van der Waals surface area contributed by atoms with Gasteiger partial charge in [0.15, 0.2) is 5.11 Å². The molecule has 0 aliphatic carbocycles. The first-order chi connectivity index (χ1) is 13.9. The minimum absolute atomic E-state index is 0.142. The highest BCUT2D eigenvalue weighted by Crippen LogP contribution is 2.17. The van der Waals surface area contributed by atoms with Crippen molar-refractivity contribution >= 4 is 52.1 Å². The van der Waals surface area contributed by atoms with Gasteiger partial charge in [0.05, 0.1) is 0 Å². The number of rotatable bonds is 4. The highest BCUT2D eigenvalue weighted by molar-refractivity contribution is 7.80. The molecule has 7 heteroatoms. The van der Waals surface area contributed by atoms with E-state index in [9.17, 15) is 9.59 Å². The van der Waals surface area contributed by atoms with Gasteiger partial charge in [0.25, 0.3) is 11.8 Å². The van der Waals surface area contributed by atoms with Crippen molar-refractivity contribution in [2.75, 3.05) is 10.6 Å². The SMILES string of the molecule is Cc1ccc(C(=O)NC(=S)Nc2cccc(C(=O)Nc3cccc(Cl)c3)c2)cc1. The lowest BCUT2D eigenvalue weighted by Gasteiger charge is -2.11. The van der Waals surface area contributed by atoms with E-state index >= 15 is 0 Å². The summed E-state index contributed by atoms with van der Waals surface area (Å²) >= 11 is 11.1. The summed E-state index contributed by atoms with van der Waals surface area (Å²) in [6, 6.07) is 20.9. The van der Waals surface area contributed by atoms with E-state index in [1.54, 1.807) is 60.7 Å². The summed E-state index contributed by atoms with van der Waals surface area (Å²) in [6.45, 7) is 1.95. The van der Waals surface area contributed by atoms with Gasteiger partial charge >= 0.3 is 0 Å². The second-order valence-electron chi connectivity index (χ2n) is 6.32. The fourth-order valence-corrected chi connectivity index (χ4v) is 2.95.